The Kier molecular flexibility index (Phi) is 4.71. The monoisotopic (exact) mass is 390 g/mol. The Morgan fingerprint density at radius 1 is 1.21 bits per heavy atom. The molecular formula is C17H19BrN4O2. The second-order valence-electron chi connectivity index (χ2n) is 5.94. The molecule has 0 aliphatic heterocycles. The lowest BCUT2D eigenvalue weighted by Crippen LogP contribution is -2.15. The van der Waals surface area contributed by atoms with Crippen LogP contribution in [0.3, 0.4) is 0 Å². The molecule has 0 N–H and O–H groups in total. The Hall–Kier alpha value is -2.15. The maximum absolute atomic E-state index is 6.07. The van der Waals surface area contributed by atoms with Gasteiger partial charge in [-0.15, -0.1) is 0 Å². The number of imidazole rings is 1. The fourth-order valence-electron chi connectivity index (χ4n) is 2.30. The summed E-state index contributed by atoms with van der Waals surface area (Å²) in [5.74, 6) is 2.81. The predicted octanol–water partition coefficient (Wildman–Crippen LogP) is 4.32. The van der Waals surface area contributed by atoms with E-state index in [1.165, 1.54) is 0 Å². The van der Waals surface area contributed by atoms with Crippen LogP contribution < -0.4 is 4.74 Å². The van der Waals surface area contributed by atoms with Crippen LogP contribution in [0.4, 0.5) is 0 Å². The lowest BCUT2D eigenvalue weighted by Gasteiger charge is -2.19. The van der Waals surface area contributed by atoms with E-state index in [1.54, 1.807) is 6.20 Å². The van der Waals surface area contributed by atoms with Crippen LogP contribution in [-0.2, 0) is 7.05 Å². The zero-order chi connectivity index (χ0) is 17.3. The van der Waals surface area contributed by atoms with Crippen molar-refractivity contribution in [1.29, 1.82) is 0 Å². The molecule has 0 aliphatic rings. The molecule has 7 heteroatoms. The first kappa shape index (κ1) is 16.7. The average Bonchev–Trinajstić information content (AvgIpc) is 3.14. The molecule has 0 saturated carbocycles. The van der Waals surface area contributed by atoms with Gasteiger partial charge in [-0.25, -0.2) is 4.98 Å². The van der Waals surface area contributed by atoms with E-state index < -0.39 is 0 Å². The average molecular weight is 391 g/mol. The highest BCUT2D eigenvalue weighted by Crippen LogP contribution is 2.29. The van der Waals surface area contributed by atoms with Crippen molar-refractivity contribution in [2.45, 2.75) is 26.9 Å². The van der Waals surface area contributed by atoms with Gasteiger partial charge in [0.2, 0.25) is 5.82 Å². The molecule has 3 rings (SSSR count). The van der Waals surface area contributed by atoms with E-state index >= 15 is 0 Å². The zero-order valence-corrected chi connectivity index (χ0v) is 15.6. The summed E-state index contributed by atoms with van der Waals surface area (Å²) in [6, 6.07) is 7.69. The Balaban J connectivity index is 1.87. The molecule has 0 amide bonds. The van der Waals surface area contributed by atoms with Crippen LogP contribution in [0.2, 0.25) is 0 Å². The maximum atomic E-state index is 6.07. The van der Waals surface area contributed by atoms with Crippen LogP contribution >= 0.6 is 15.9 Å². The molecule has 126 valence electrons. The molecule has 0 aliphatic carbocycles. The fourth-order valence-corrected chi connectivity index (χ4v) is 2.57. The first-order valence-corrected chi connectivity index (χ1v) is 8.49. The molecule has 0 fully saturated rings. The van der Waals surface area contributed by atoms with Gasteiger partial charge in [-0.2, -0.15) is 4.98 Å². The highest BCUT2D eigenvalue weighted by molar-refractivity contribution is 9.10. The summed E-state index contributed by atoms with van der Waals surface area (Å²) in [4.78, 5) is 8.77. The molecule has 1 atom stereocenters. The summed E-state index contributed by atoms with van der Waals surface area (Å²) in [6.07, 6.45) is 1.44. The number of nitrogens with zero attached hydrogens (tertiary/aromatic N) is 4. The summed E-state index contributed by atoms with van der Waals surface area (Å²) in [6.45, 7) is 6.05. The van der Waals surface area contributed by atoms with Gasteiger partial charge in [-0.05, 0) is 37.1 Å². The number of ether oxygens (including phenoxy) is 1. The van der Waals surface area contributed by atoms with Gasteiger partial charge in [0.25, 0.3) is 5.89 Å². The topological polar surface area (TPSA) is 66.0 Å². The van der Waals surface area contributed by atoms with Crippen molar-refractivity contribution in [2.24, 2.45) is 13.0 Å². The molecule has 0 bridgehead atoms. The standard InChI is InChI=1S/C17H19BrN4O2/c1-10(2)15(23-13-7-5-12(18)6-8-13)16-20-17(24-21-16)14-9-19-11(3)22(14)4/h5-10,15H,1-4H3. The fraction of sp³-hybridized carbons (Fsp3) is 0.353. The molecule has 6 nitrogen and oxygen atoms in total. The van der Waals surface area contributed by atoms with Crippen molar-refractivity contribution in [3.05, 3.63) is 46.6 Å². The Bertz CT molecular complexity index is 823. The number of hydrogen-bond acceptors (Lipinski definition) is 5. The predicted molar refractivity (Wildman–Crippen MR) is 93.6 cm³/mol. The van der Waals surface area contributed by atoms with Crippen molar-refractivity contribution >= 4 is 15.9 Å². The third-order valence-electron chi connectivity index (χ3n) is 3.82. The minimum absolute atomic E-state index is 0.187. The van der Waals surface area contributed by atoms with Gasteiger partial charge < -0.3 is 13.8 Å². The maximum Gasteiger partial charge on any atom is 0.276 e. The number of hydrogen-bond donors (Lipinski definition) is 0. The van der Waals surface area contributed by atoms with Gasteiger partial charge in [0.15, 0.2) is 6.10 Å². The second kappa shape index (κ2) is 6.76. The molecule has 0 radical (unpaired) electrons. The van der Waals surface area contributed by atoms with Crippen LogP contribution in [-0.4, -0.2) is 19.7 Å². The third-order valence-corrected chi connectivity index (χ3v) is 4.35. The summed E-state index contributed by atoms with van der Waals surface area (Å²) >= 11 is 3.42. The van der Waals surface area contributed by atoms with Crippen LogP contribution in [0.1, 0.15) is 31.6 Å². The second-order valence-corrected chi connectivity index (χ2v) is 6.86. The third kappa shape index (κ3) is 3.36. The molecule has 1 aromatic carbocycles. The molecular weight excluding hydrogens is 372 g/mol. The van der Waals surface area contributed by atoms with E-state index in [4.69, 9.17) is 9.26 Å². The van der Waals surface area contributed by atoms with Crippen molar-refractivity contribution in [3.63, 3.8) is 0 Å². The molecule has 0 saturated heterocycles. The van der Waals surface area contributed by atoms with E-state index in [2.05, 4.69) is 44.9 Å². The Morgan fingerprint density at radius 2 is 1.92 bits per heavy atom. The largest absolute Gasteiger partial charge is 0.482 e. The van der Waals surface area contributed by atoms with Gasteiger partial charge >= 0.3 is 0 Å². The smallest absolute Gasteiger partial charge is 0.276 e. The molecule has 24 heavy (non-hydrogen) atoms. The number of aromatic nitrogens is 4. The summed E-state index contributed by atoms with van der Waals surface area (Å²) in [7, 11) is 1.92. The van der Waals surface area contributed by atoms with Crippen LogP contribution in [0.25, 0.3) is 11.6 Å². The van der Waals surface area contributed by atoms with E-state index in [9.17, 15) is 0 Å². The lowest BCUT2D eigenvalue weighted by molar-refractivity contribution is 0.141. The number of rotatable bonds is 5. The molecule has 0 spiro atoms. The van der Waals surface area contributed by atoms with Crippen LogP contribution in [0.5, 0.6) is 5.75 Å². The normalized spacial score (nSPS) is 12.6. The van der Waals surface area contributed by atoms with Crippen LogP contribution in [0.15, 0.2) is 39.5 Å². The van der Waals surface area contributed by atoms with Crippen molar-refractivity contribution in [2.75, 3.05) is 0 Å². The van der Waals surface area contributed by atoms with E-state index in [1.807, 2.05) is 42.8 Å². The van der Waals surface area contributed by atoms with Crippen molar-refractivity contribution < 1.29 is 9.26 Å². The van der Waals surface area contributed by atoms with Crippen molar-refractivity contribution in [3.8, 4) is 17.3 Å². The van der Waals surface area contributed by atoms with Crippen molar-refractivity contribution in [1.82, 2.24) is 19.7 Å². The Morgan fingerprint density at radius 3 is 2.50 bits per heavy atom. The summed E-state index contributed by atoms with van der Waals surface area (Å²) in [5, 5.41) is 4.12. The molecule has 2 heterocycles. The van der Waals surface area contributed by atoms with E-state index in [0.717, 1.165) is 21.7 Å². The quantitative estimate of drug-likeness (QED) is 0.648. The molecule has 2 aromatic heterocycles. The van der Waals surface area contributed by atoms with Gasteiger partial charge in [-0.3, -0.25) is 0 Å². The number of aryl methyl sites for hydroxylation is 1. The minimum atomic E-state index is -0.294. The molecule has 3 aromatic rings. The lowest BCUT2D eigenvalue weighted by atomic mass is 10.1. The van der Waals surface area contributed by atoms with Gasteiger partial charge in [0.1, 0.15) is 17.3 Å². The summed E-state index contributed by atoms with van der Waals surface area (Å²) in [5.41, 5.74) is 0.789. The summed E-state index contributed by atoms with van der Waals surface area (Å²) < 4.78 is 14.4. The number of halogens is 1. The number of benzene rings is 1. The zero-order valence-electron chi connectivity index (χ0n) is 14.0. The minimum Gasteiger partial charge on any atom is -0.482 e. The van der Waals surface area contributed by atoms with Gasteiger partial charge in [0, 0.05) is 11.5 Å². The SMILES string of the molecule is Cc1ncc(-c2nc(C(Oc3ccc(Br)cc3)C(C)C)no2)n1C. The Labute approximate surface area is 149 Å². The first-order chi connectivity index (χ1) is 11.5. The van der Waals surface area contributed by atoms with E-state index in [-0.39, 0.29) is 12.0 Å². The van der Waals surface area contributed by atoms with Gasteiger partial charge in [0.05, 0.1) is 6.20 Å². The highest BCUT2D eigenvalue weighted by Gasteiger charge is 2.25. The van der Waals surface area contributed by atoms with Gasteiger partial charge in [-0.1, -0.05) is 34.9 Å². The first-order valence-electron chi connectivity index (χ1n) is 7.70. The highest BCUT2D eigenvalue weighted by atomic mass is 79.9. The van der Waals surface area contributed by atoms with E-state index in [0.29, 0.717) is 11.7 Å². The van der Waals surface area contributed by atoms with Crippen LogP contribution in [0, 0.1) is 12.8 Å². The molecule has 1 unspecified atom stereocenters.